The van der Waals surface area contributed by atoms with Crippen LogP contribution < -0.4 is 16.0 Å². The lowest BCUT2D eigenvalue weighted by Gasteiger charge is -2.47. The van der Waals surface area contributed by atoms with Gasteiger partial charge in [-0.15, -0.1) is 0 Å². The van der Waals surface area contributed by atoms with Gasteiger partial charge in [0.15, 0.2) is 11.9 Å². The van der Waals surface area contributed by atoms with Crippen molar-refractivity contribution in [1.82, 2.24) is 25.8 Å². The largest absolute Gasteiger partial charge is 0.458 e. The molecule has 73 heavy (non-hydrogen) atoms. The predicted molar refractivity (Wildman–Crippen MR) is 280 cm³/mol. The van der Waals surface area contributed by atoms with Gasteiger partial charge in [-0.25, -0.2) is 9.59 Å². The Morgan fingerprint density at radius 3 is 1.95 bits per heavy atom. The number of nitrogens with zero attached hydrogens (tertiary/aromatic N) is 2. The molecule has 2 fully saturated rings. The van der Waals surface area contributed by atoms with Gasteiger partial charge in [0.1, 0.15) is 35.9 Å². The van der Waals surface area contributed by atoms with Crippen LogP contribution in [0.3, 0.4) is 0 Å². The molecule has 0 spiro atoms. The number of carbonyl (C=O) groups is 8. The molecular formula is C55H89N5O12Si. The zero-order valence-electron chi connectivity index (χ0n) is 46.9. The van der Waals surface area contributed by atoms with Crippen molar-refractivity contribution < 1.29 is 57.0 Å². The maximum atomic E-state index is 15.1. The molecule has 3 aliphatic rings. The number of carbonyl (C=O) groups excluding carboxylic acids is 8. The summed E-state index contributed by atoms with van der Waals surface area (Å²) in [6.45, 7) is 31.8. The number of rotatable bonds is 11. The number of Topliss-reactive ketones (excluding diaryl/α,β-unsaturated/α-hetero) is 1. The van der Waals surface area contributed by atoms with Crippen LogP contribution in [-0.4, -0.2) is 126 Å². The molecule has 0 radical (unpaired) electrons. The Balaban J connectivity index is 1.96. The predicted octanol–water partition coefficient (Wildman–Crippen LogP) is 7.56. The number of hydrogen-bond donors (Lipinski definition) is 3. The fourth-order valence-corrected chi connectivity index (χ4v) is 16.6. The average Bonchev–Trinajstić information content (AvgIpc) is 3.79. The van der Waals surface area contributed by atoms with Gasteiger partial charge in [-0.2, -0.15) is 0 Å². The van der Waals surface area contributed by atoms with E-state index in [1.807, 2.05) is 52.0 Å². The lowest BCUT2D eigenvalue weighted by molar-refractivity contribution is -0.164. The minimum absolute atomic E-state index is 0.0251. The van der Waals surface area contributed by atoms with Crippen molar-refractivity contribution in [3.8, 4) is 0 Å². The molecule has 0 bridgehead atoms. The van der Waals surface area contributed by atoms with Crippen LogP contribution in [0.2, 0.25) is 16.6 Å². The highest BCUT2D eigenvalue weighted by Gasteiger charge is 2.50. The van der Waals surface area contributed by atoms with Gasteiger partial charge in [0.2, 0.25) is 31.9 Å². The fraction of sp³-hybridized carbons (Fsp3) is 0.745. The number of ketones is 1. The molecule has 1 aromatic carbocycles. The van der Waals surface area contributed by atoms with E-state index >= 15 is 9.59 Å². The molecule has 3 aliphatic heterocycles. The first kappa shape index (κ1) is 60.7. The summed E-state index contributed by atoms with van der Waals surface area (Å²) < 4.78 is 25.3. The number of esters is 2. The molecule has 1 aromatic rings. The van der Waals surface area contributed by atoms with E-state index in [0.717, 1.165) is 11.1 Å². The highest BCUT2D eigenvalue weighted by atomic mass is 28.4. The third-order valence-electron chi connectivity index (χ3n) is 15.0. The molecule has 0 unspecified atom stereocenters. The van der Waals surface area contributed by atoms with Gasteiger partial charge < -0.3 is 44.4 Å². The van der Waals surface area contributed by atoms with Gasteiger partial charge in [0.05, 0.1) is 24.5 Å². The number of ether oxygens (including phenoxy) is 3. The molecule has 0 aliphatic carbocycles. The van der Waals surface area contributed by atoms with E-state index in [1.54, 1.807) is 34.6 Å². The van der Waals surface area contributed by atoms with Crippen LogP contribution >= 0.6 is 0 Å². The smallest absolute Gasteiger partial charge is 0.408 e. The lowest BCUT2D eigenvalue weighted by Crippen LogP contribution is -2.62. The van der Waals surface area contributed by atoms with E-state index in [9.17, 15) is 28.8 Å². The molecule has 3 heterocycles. The molecule has 5 amide bonds. The first-order chi connectivity index (χ1) is 33.9. The summed E-state index contributed by atoms with van der Waals surface area (Å²) in [5, 5.41) is 8.64. The highest BCUT2D eigenvalue weighted by molar-refractivity contribution is 6.77. The normalized spacial score (nSPS) is 27.3. The minimum atomic E-state index is -2.87. The summed E-state index contributed by atoms with van der Waals surface area (Å²) in [5.41, 5.74) is 0.776. The van der Waals surface area contributed by atoms with Crippen molar-refractivity contribution in [1.29, 1.82) is 0 Å². The number of amides is 5. The summed E-state index contributed by atoms with van der Waals surface area (Å²) in [5.74, 6) is -7.10. The van der Waals surface area contributed by atoms with Crippen LogP contribution in [0.4, 0.5) is 4.79 Å². The number of hydrogen-bond acceptors (Lipinski definition) is 12. The van der Waals surface area contributed by atoms with E-state index in [-0.39, 0.29) is 54.4 Å². The monoisotopic (exact) mass is 1040 g/mol. The Bertz CT molecular complexity index is 2120. The van der Waals surface area contributed by atoms with Crippen LogP contribution in [0.15, 0.2) is 24.3 Å². The SMILES string of the molecule is CC[C@H](C)[C@H]1NC(=O)[C@@H](NC(=O)OC(C)(C)C)[C@@H](C)OC(=O)[C@H]2Cc3ccccc3CN2C(=O)[C@@H]2CCCN2C(=O)[C@H](CC(C)C)NC(=O)[C@@H](C)C(=O)[C@H](C(C)C)OC(=O)C[C@H]1O[Si](C(C)C)(C(C)C)C(C)C. The van der Waals surface area contributed by atoms with Gasteiger partial charge >= 0.3 is 18.0 Å². The standard InChI is InChI=1S/C55H89N5O12Si/c1-18-35(12)45-43(72-73(32(6)7,33(8)9)34(10)11)28-44(61)70-48(31(4)5)47(62)36(13)49(63)56-40(26-30(2)3)51(65)59-25-21-24-41(59)52(66)60-29-39-23-20-19-22-38(39)27-42(60)53(67)69-37(14)46(50(64)57-45)58-54(68)71-55(15,16)17/h19-20,22-23,30-37,40-43,45-46,48H,18,21,24-29H2,1-17H3,(H,56,63)(H,57,64)(H,58,68)/t35-,36-,37+,40-,41-,42+,43+,45+,46-,48-/m0/s1. The fourth-order valence-electron chi connectivity index (χ4n) is 11.1. The van der Waals surface area contributed by atoms with Crippen molar-refractivity contribution in [2.45, 2.75) is 234 Å². The number of alkyl carbamates (subject to hydrolysis) is 1. The Kier molecular flexibility index (Phi) is 21.3. The minimum Gasteiger partial charge on any atom is -0.458 e. The zero-order valence-corrected chi connectivity index (χ0v) is 47.9. The van der Waals surface area contributed by atoms with E-state index in [1.165, 1.54) is 23.6 Å². The summed E-state index contributed by atoms with van der Waals surface area (Å²) >= 11 is 0. The molecular weight excluding hydrogens is 951 g/mol. The quantitative estimate of drug-likeness (QED) is 0.0848. The summed E-state index contributed by atoms with van der Waals surface area (Å²) in [6, 6.07) is 1.68. The first-order valence-electron chi connectivity index (χ1n) is 26.8. The molecule has 4 rings (SSSR count). The number of fused-ring (bicyclic) bond motifs is 3. The Labute approximate surface area is 436 Å². The molecule has 410 valence electrons. The van der Waals surface area contributed by atoms with Gasteiger partial charge in [-0.05, 0) is 99.4 Å². The van der Waals surface area contributed by atoms with Crippen molar-refractivity contribution >= 4 is 55.8 Å². The molecule has 0 saturated carbocycles. The van der Waals surface area contributed by atoms with Gasteiger partial charge in [0, 0.05) is 19.5 Å². The summed E-state index contributed by atoms with van der Waals surface area (Å²) in [7, 11) is -2.87. The maximum Gasteiger partial charge on any atom is 0.408 e. The third kappa shape index (κ3) is 14.9. The van der Waals surface area contributed by atoms with Crippen LogP contribution in [-0.2, 0) is 65.2 Å². The molecule has 3 N–H and O–H groups in total. The molecule has 0 aromatic heterocycles. The summed E-state index contributed by atoms with van der Waals surface area (Å²) in [6.07, 6.45) is -3.53. The second kappa shape index (κ2) is 25.6. The molecule has 2 saturated heterocycles. The van der Waals surface area contributed by atoms with E-state index in [4.69, 9.17) is 18.6 Å². The average molecular weight is 1040 g/mol. The van der Waals surface area contributed by atoms with Crippen LogP contribution in [0, 0.1) is 23.7 Å². The van der Waals surface area contributed by atoms with Crippen molar-refractivity contribution in [2.75, 3.05) is 6.54 Å². The molecule has 10 atom stereocenters. The van der Waals surface area contributed by atoms with E-state index < -0.39 is 128 Å². The Morgan fingerprint density at radius 2 is 1.40 bits per heavy atom. The van der Waals surface area contributed by atoms with Gasteiger partial charge in [-0.1, -0.05) is 114 Å². The van der Waals surface area contributed by atoms with Crippen LogP contribution in [0.25, 0.3) is 0 Å². The first-order valence-corrected chi connectivity index (χ1v) is 29.0. The molecule has 17 nitrogen and oxygen atoms in total. The lowest BCUT2D eigenvalue weighted by atomic mass is 9.91. The maximum absolute atomic E-state index is 15.1. The number of benzene rings is 1. The number of cyclic esters (lactones) is 2. The molecule has 18 heteroatoms. The third-order valence-corrected chi connectivity index (χ3v) is 21.2. The zero-order chi connectivity index (χ0) is 55.0. The second-order valence-corrected chi connectivity index (χ2v) is 28.9. The van der Waals surface area contributed by atoms with E-state index in [0.29, 0.717) is 19.3 Å². The van der Waals surface area contributed by atoms with Crippen molar-refractivity contribution in [3.05, 3.63) is 35.4 Å². The Morgan fingerprint density at radius 1 is 0.795 bits per heavy atom. The highest BCUT2D eigenvalue weighted by Crippen LogP contribution is 2.44. The summed E-state index contributed by atoms with van der Waals surface area (Å²) in [4.78, 5) is 119. The van der Waals surface area contributed by atoms with Crippen LogP contribution in [0.1, 0.15) is 161 Å². The van der Waals surface area contributed by atoms with Crippen molar-refractivity contribution in [3.63, 3.8) is 0 Å². The van der Waals surface area contributed by atoms with Crippen molar-refractivity contribution in [2.24, 2.45) is 23.7 Å². The Hall–Kier alpha value is -4.84. The van der Waals surface area contributed by atoms with Gasteiger partial charge in [-0.3, -0.25) is 28.8 Å². The topological polar surface area (TPSA) is 216 Å². The van der Waals surface area contributed by atoms with E-state index in [2.05, 4.69) is 57.5 Å². The van der Waals surface area contributed by atoms with Crippen LogP contribution in [0.5, 0.6) is 0 Å². The number of nitrogens with one attached hydrogen (secondary N) is 3. The second-order valence-electron chi connectivity index (χ2n) is 23.5. The van der Waals surface area contributed by atoms with Gasteiger partial charge in [0.25, 0.3) is 0 Å².